The first-order valence-corrected chi connectivity index (χ1v) is 6.39. The Kier molecular flexibility index (Phi) is 3.42. The molecule has 1 heterocycles. The molecule has 1 atom stereocenters. The second-order valence-corrected chi connectivity index (χ2v) is 5.29. The summed E-state index contributed by atoms with van der Waals surface area (Å²) >= 11 is 1.50. The number of hydrogen-bond acceptors (Lipinski definition) is 4. The van der Waals surface area contributed by atoms with Crippen LogP contribution in [0.25, 0.3) is 0 Å². The minimum absolute atomic E-state index is 0.00468. The van der Waals surface area contributed by atoms with E-state index in [0.717, 1.165) is 25.0 Å². The van der Waals surface area contributed by atoms with Gasteiger partial charge in [0.1, 0.15) is 0 Å². The van der Waals surface area contributed by atoms with Crippen LogP contribution in [0.4, 0.5) is 5.13 Å². The van der Waals surface area contributed by atoms with Crippen LogP contribution in [-0.4, -0.2) is 22.8 Å². The molecule has 17 heavy (non-hydrogen) atoms. The van der Waals surface area contributed by atoms with Crippen molar-refractivity contribution in [3.63, 3.8) is 0 Å². The Hall–Kier alpha value is -1.43. The average Bonchev–Trinajstić information content (AvgIpc) is 2.56. The van der Waals surface area contributed by atoms with E-state index in [9.17, 15) is 9.59 Å². The second kappa shape index (κ2) is 4.83. The largest absolute Gasteiger partial charge is 0.353 e. The van der Waals surface area contributed by atoms with Crippen molar-refractivity contribution >= 4 is 28.3 Å². The molecule has 0 aromatic carbocycles. The maximum atomic E-state index is 11.0. The number of rotatable bonds is 2. The van der Waals surface area contributed by atoms with Crippen LogP contribution in [0.1, 0.15) is 30.8 Å². The fraction of sp³-hybridized carbons (Fsp3) is 0.545. The van der Waals surface area contributed by atoms with Crippen molar-refractivity contribution in [2.45, 2.75) is 39.2 Å². The lowest BCUT2D eigenvalue weighted by Gasteiger charge is -2.21. The predicted octanol–water partition coefficient (Wildman–Crippen LogP) is 1.09. The summed E-state index contributed by atoms with van der Waals surface area (Å²) in [4.78, 5) is 27.5. The summed E-state index contributed by atoms with van der Waals surface area (Å²) < 4.78 is 0. The van der Waals surface area contributed by atoms with Gasteiger partial charge in [0.2, 0.25) is 11.8 Å². The summed E-state index contributed by atoms with van der Waals surface area (Å²) in [6, 6.07) is 0.200. The number of nitrogens with one attached hydrogen (secondary N) is 2. The summed E-state index contributed by atoms with van der Waals surface area (Å²) in [6.45, 7) is 3.01. The van der Waals surface area contributed by atoms with E-state index in [1.54, 1.807) is 0 Å². The number of thiazole rings is 1. The Labute approximate surface area is 104 Å². The highest BCUT2D eigenvalue weighted by atomic mass is 32.1. The molecule has 0 radical (unpaired) electrons. The van der Waals surface area contributed by atoms with Gasteiger partial charge in [-0.15, -0.1) is 11.3 Å². The quantitative estimate of drug-likeness (QED) is 0.829. The Morgan fingerprint density at radius 3 is 2.76 bits per heavy atom. The summed E-state index contributed by atoms with van der Waals surface area (Å²) in [7, 11) is 0. The molecule has 5 nitrogen and oxygen atoms in total. The molecule has 1 aliphatic rings. The number of carbonyl (C=O) groups is 2. The standard InChI is InChI=1S/C11H15N3O2S/c1-6(15)12-8-3-4-9-10(5-8)17-11(14-9)13-7(2)16/h8H,3-5H2,1-2H3,(H,12,15)(H,13,14,16). The minimum atomic E-state index is -0.102. The fourth-order valence-corrected chi connectivity index (χ4v) is 3.12. The number of nitrogens with zero attached hydrogens (tertiary/aromatic N) is 1. The van der Waals surface area contributed by atoms with Gasteiger partial charge in [-0.3, -0.25) is 9.59 Å². The lowest BCUT2D eigenvalue weighted by Crippen LogP contribution is -2.37. The molecule has 2 rings (SSSR count). The number of amides is 2. The highest BCUT2D eigenvalue weighted by Gasteiger charge is 2.23. The predicted molar refractivity (Wildman–Crippen MR) is 66.0 cm³/mol. The van der Waals surface area contributed by atoms with E-state index in [2.05, 4.69) is 15.6 Å². The first kappa shape index (κ1) is 12.0. The van der Waals surface area contributed by atoms with Crippen molar-refractivity contribution < 1.29 is 9.59 Å². The summed E-state index contributed by atoms with van der Waals surface area (Å²) in [5.41, 5.74) is 1.06. The molecule has 0 bridgehead atoms. The highest BCUT2D eigenvalue weighted by Crippen LogP contribution is 2.29. The molecule has 1 unspecified atom stereocenters. The summed E-state index contributed by atoms with van der Waals surface area (Å²) in [5.74, 6) is -0.0976. The van der Waals surface area contributed by atoms with E-state index >= 15 is 0 Å². The lowest BCUT2D eigenvalue weighted by molar-refractivity contribution is -0.119. The monoisotopic (exact) mass is 253 g/mol. The van der Waals surface area contributed by atoms with E-state index < -0.39 is 0 Å². The Morgan fingerprint density at radius 2 is 2.12 bits per heavy atom. The molecule has 0 saturated carbocycles. The molecular weight excluding hydrogens is 238 g/mol. The third-order valence-corrected chi connectivity index (χ3v) is 3.67. The Balaban J connectivity index is 2.07. The third kappa shape index (κ3) is 3.03. The Bertz CT molecular complexity index is 456. The summed E-state index contributed by atoms with van der Waals surface area (Å²) in [5, 5.41) is 6.28. The van der Waals surface area contributed by atoms with Gasteiger partial charge in [0, 0.05) is 31.2 Å². The lowest BCUT2D eigenvalue weighted by atomic mass is 9.98. The molecule has 92 valence electrons. The number of carbonyl (C=O) groups excluding carboxylic acids is 2. The molecule has 1 aliphatic carbocycles. The van der Waals surface area contributed by atoms with Crippen LogP contribution in [-0.2, 0) is 22.4 Å². The van der Waals surface area contributed by atoms with Crippen LogP contribution < -0.4 is 10.6 Å². The molecule has 1 aromatic rings. The first-order valence-electron chi connectivity index (χ1n) is 5.58. The van der Waals surface area contributed by atoms with Gasteiger partial charge in [-0.05, 0) is 12.8 Å². The first-order chi connectivity index (χ1) is 8.04. The zero-order valence-electron chi connectivity index (χ0n) is 9.87. The average molecular weight is 253 g/mol. The van der Waals surface area contributed by atoms with Gasteiger partial charge in [-0.1, -0.05) is 0 Å². The van der Waals surface area contributed by atoms with Crippen LogP contribution >= 0.6 is 11.3 Å². The second-order valence-electron chi connectivity index (χ2n) is 4.21. The smallest absolute Gasteiger partial charge is 0.223 e. The van der Waals surface area contributed by atoms with E-state index in [1.807, 2.05) is 0 Å². The molecule has 0 fully saturated rings. The molecule has 2 amide bonds. The normalized spacial score (nSPS) is 18.4. The van der Waals surface area contributed by atoms with E-state index in [1.165, 1.54) is 30.1 Å². The van der Waals surface area contributed by atoms with Gasteiger partial charge in [-0.25, -0.2) is 4.98 Å². The van der Waals surface area contributed by atoms with Crippen molar-refractivity contribution in [2.75, 3.05) is 5.32 Å². The molecular formula is C11H15N3O2S. The van der Waals surface area contributed by atoms with Crippen molar-refractivity contribution in [3.05, 3.63) is 10.6 Å². The molecule has 0 aliphatic heterocycles. The van der Waals surface area contributed by atoms with Gasteiger partial charge in [-0.2, -0.15) is 0 Å². The van der Waals surface area contributed by atoms with Crippen LogP contribution in [0.5, 0.6) is 0 Å². The SMILES string of the molecule is CC(=O)Nc1nc2c(s1)CC(NC(C)=O)CC2. The van der Waals surface area contributed by atoms with Crippen LogP contribution in [0.3, 0.4) is 0 Å². The third-order valence-electron chi connectivity index (χ3n) is 2.63. The van der Waals surface area contributed by atoms with Crippen molar-refractivity contribution in [1.82, 2.24) is 10.3 Å². The number of aromatic nitrogens is 1. The van der Waals surface area contributed by atoms with Gasteiger partial charge in [0.25, 0.3) is 0 Å². The summed E-state index contributed by atoms with van der Waals surface area (Å²) in [6.07, 6.45) is 2.58. The molecule has 2 N–H and O–H groups in total. The number of aryl methyl sites for hydroxylation is 1. The van der Waals surface area contributed by atoms with E-state index in [0.29, 0.717) is 5.13 Å². The maximum absolute atomic E-state index is 11.0. The van der Waals surface area contributed by atoms with Crippen molar-refractivity contribution in [1.29, 1.82) is 0 Å². The fourth-order valence-electron chi connectivity index (χ4n) is 1.99. The minimum Gasteiger partial charge on any atom is -0.353 e. The molecule has 1 aromatic heterocycles. The zero-order chi connectivity index (χ0) is 12.4. The zero-order valence-corrected chi connectivity index (χ0v) is 10.7. The number of anilines is 1. The number of fused-ring (bicyclic) bond motifs is 1. The maximum Gasteiger partial charge on any atom is 0.223 e. The highest BCUT2D eigenvalue weighted by molar-refractivity contribution is 7.15. The van der Waals surface area contributed by atoms with Crippen molar-refractivity contribution in [3.8, 4) is 0 Å². The van der Waals surface area contributed by atoms with E-state index in [4.69, 9.17) is 0 Å². The Morgan fingerprint density at radius 1 is 1.35 bits per heavy atom. The van der Waals surface area contributed by atoms with Gasteiger partial charge < -0.3 is 10.6 Å². The number of hydrogen-bond donors (Lipinski definition) is 2. The molecule has 0 saturated heterocycles. The van der Waals surface area contributed by atoms with Gasteiger partial charge in [0.05, 0.1) is 5.69 Å². The van der Waals surface area contributed by atoms with Gasteiger partial charge >= 0.3 is 0 Å². The van der Waals surface area contributed by atoms with Crippen molar-refractivity contribution in [2.24, 2.45) is 0 Å². The molecule has 6 heteroatoms. The van der Waals surface area contributed by atoms with Crippen LogP contribution in [0.2, 0.25) is 0 Å². The van der Waals surface area contributed by atoms with Crippen LogP contribution in [0, 0.1) is 0 Å². The topological polar surface area (TPSA) is 71.1 Å². The van der Waals surface area contributed by atoms with E-state index in [-0.39, 0.29) is 17.9 Å². The molecule has 0 spiro atoms. The van der Waals surface area contributed by atoms with Gasteiger partial charge in [0.15, 0.2) is 5.13 Å². The van der Waals surface area contributed by atoms with Crippen LogP contribution in [0.15, 0.2) is 0 Å².